The van der Waals surface area contributed by atoms with Crippen molar-refractivity contribution in [1.82, 2.24) is 15.3 Å². The summed E-state index contributed by atoms with van der Waals surface area (Å²) in [6.07, 6.45) is 2.63. The molecule has 0 aliphatic heterocycles. The Balaban J connectivity index is 1.46. The van der Waals surface area contributed by atoms with Crippen molar-refractivity contribution in [2.75, 3.05) is 10.6 Å². The van der Waals surface area contributed by atoms with E-state index in [-0.39, 0.29) is 11.5 Å². The summed E-state index contributed by atoms with van der Waals surface area (Å²) < 4.78 is 0. The summed E-state index contributed by atoms with van der Waals surface area (Å²) in [6, 6.07) is 19.2. The van der Waals surface area contributed by atoms with Crippen molar-refractivity contribution in [2.24, 2.45) is 0 Å². The van der Waals surface area contributed by atoms with Gasteiger partial charge in [-0.25, -0.2) is 14.8 Å². The summed E-state index contributed by atoms with van der Waals surface area (Å²) in [6.45, 7) is 1.54. The number of benzene rings is 2. The highest BCUT2D eigenvalue weighted by Gasteiger charge is 2.04. The van der Waals surface area contributed by atoms with Gasteiger partial charge in [0.15, 0.2) is 11.5 Å². The highest BCUT2D eigenvalue weighted by atomic mass is 16.2. The van der Waals surface area contributed by atoms with Crippen LogP contribution in [0.2, 0.25) is 0 Å². The maximum Gasteiger partial charge on any atom is 0.324 e. The quantitative estimate of drug-likeness (QED) is 0.627. The zero-order valence-corrected chi connectivity index (χ0v) is 14.5. The van der Waals surface area contributed by atoms with Crippen molar-refractivity contribution in [3.63, 3.8) is 0 Å². The second-order valence-electron chi connectivity index (χ2n) is 5.76. The number of anilines is 2. The Bertz CT molecular complexity index is 917. The van der Waals surface area contributed by atoms with E-state index in [1.807, 2.05) is 48.5 Å². The van der Waals surface area contributed by atoms with Gasteiger partial charge < -0.3 is 10.6 Å². The number of carbonyl (C=O) groups excluding carboxylic acids is 1. The van der Waals surface area contributed by atoms with Gasteiger partial charge in [0.25, 0.3) is 0 Å². The van der Waals surface area contributed by atoms with Gasteiger partial charge in [-0.2, -0.15) is 5.26 Å². The molecule has 0 spiro atoms. The summed E-state index contributed by atoms with van der Waals surface area (Å²) in [5.41, 5.74) is 3.21. The van der Waals surface area contributed by atoms with Crippen LogP contribution in [0, 0.1) is 11.3 Å². The van der Waals surface area contributed by atoms with E-state index >= 15 is 0 Å². The molecule has 7 nitrogen and oxygen atoms in total. The number of nitrogens with one attached hydrogen (secondary N) is 3. The molecular formula is C20H18N6O. The van der Waals surface area contributed by atoms with Gasteiger partial charge in [0.1, 0.15) is 6.07 Å². The monoisotopic (exact) mass is 358 g/mol. The van der Waals surface area contributed by atoms with Crippen LogP contribution in [0.5, 0.6) is 0 Å². The van der Waals surface area contributed by atoms with Crippen LogP contribution in [-0.2, 0) is 13.1 Å². The van der Waals surface area contributed by atoms with Crippen LogP contribution in [0.25, 0.3) is 0 Å². The summed E-state index contributed by atoms with van der Waals surface area (Å²) in [5, 5.41) is 17.4. The van der Waals surface area contributed by atoms with E-state index in [4.69, 9.17) is 5.26 Å². The largest absolute Gasteiger partial charge is 0.324 e. The second-order valence-corrected chi connectivity index (χ2v) is 5.76. The van der Waals surface area contributed by atoms with Crippen LogP contribution in [0.3, 0.4) is 0 Å². The summed E-state index contributed by atoms with van der Waals surface area (Å²) in [4.78, 5) is 19.8. The molecule has 3 N–H and O–H groups in total. The van der Waals surface area contributed by atoms with Crippen LogP contribution in [-0.4, -0.2) is 16.0 Å². The van der Waals surface area contributed by atoms with Crippen LogP contribution in [0.4, 0.5) is 16.3 Å². The Morgan fingerprint density at radius 2 is 1.59 bits per heavy atom. The Labute approximate surface area is 157 Å². The number of hydrogen-bond acceptors (Lipinski definition) is 5. The highest BCUT2D eigenvalue weighted by molar-refractivity contribution is 5.99. The molecule has 134 valence electrons. The molecule has 2 amide bonds. The number of hydrogen-bond donors (Lipinski definition) is 3. The second kappa shape index (κ2) is 9.08. The normalized spacial score (nSPS) is 10.0. The van der Waals surface area contributed by atoms with Gasteiger partial charge in [-0.3, -0.25) is 5.32 Å². The fourth-order valence-electron chi connectivity index (χ4n) is 2.38. The van der Waals surface area contributed by atoms with Crippen LogP contribution < -0.4 is 16.0 Å². The molecule has 1 heterocycles. The highest BCUT2D eigenvalue weighted by Crippen LogP contribution is 2.11. The smallest absolute Gasteiger partial charge is 0.309 e. The zero-order chi connectivity index (χ0) is 18.9. The number of nitriles is 1. The molecule has 3 aromatic rings. The average molecular weight is 358 g/mol. The number of carbonyl (C=O) groups is 1. The molecule has 0 aliphatic carbocycles. The van der Waals surface area contributed by atoms with E-state index in [0.29, 0.717) is 5.69 Å². The first-order valence-electron chi connectivity index (χ1n) is 8.36. The minimum Gasteiger partial charge on any atom is -0.309 e. The van der Waals surface area contributed by atoms with E-state index in [1.54, 1.807) is 0 Å². The molecule has 27 heavy (non-hydrogen) atoms. The van der Waals surface area contributed by atoms with E-state index in [2.05, 4.69) is 38.1 Å². The fraction of sp³-hybridized carbons (Fsp3) is 0.100. The number of amides is 2. The van der Waals surface area contributed by atoms with Gasteiger partial charge in [0, 0.05) is 18.8 Å². The SMILES string of the molecule is N#Cc1cnc(NC(=O)Nc2ccc(CNCc3ccccc3)cc2)cn1. The van der Waals surface area contributed by atoms with Crippen molar-refractivity contribution in [2.45, 2.75) is 13.1 Å². The standard InChI is InChI=1S/C20H18N6O/c21-10-18-13-24-19(14-23-18)26-20(27)25-17-8-6-16(7-9-17)12-22-11-15-4-2-1-3-5-15/h1-9,13-14,22H,11-12H2,(H2,24,25,26,27). The lowest BCUT2D eigenvalue weighted by Gasteiger charge is -2.08. The maximum absolute atomic E-state index is 12.0. The first-order chi connectivity index (χ1) is 13.2. The minimum atomic E-state index is -0.427. The Morgan fingerprint density at radius 1 is 0.889 bits per heavy atom. The summed E-state index contributed by atoms with van der Waals surface area (Å²) >= 11 is 0. The number of nitrogens with zero attached hydrogens (tertiary/aromatic N) is 3. The molecular weight excluding hydrogens is 340 g/mol. The van der Waals surface area contributed by atoms with Crippen LogP contribution >= 0.6 is 0 Å². The molecule has 0 unspecified atom stereocenters. The number of aromatic nitrogens is 2. The topological polar surface area (TPSA) is 103 Å². The van der Waals surface area contributed by atoms with Crippen molar-refractivity contribution in [1.29, 1.82) is 5.26 Å². The van der Waals surface area contributed by atoms with E-state index in [9.17, 15) is 4.79 Å². The average Bonchev–Trinajstić information content (AvgIpc) is 2.71. The first-order valence-corrected chi connectivity index (χ1v) is 8.36. The van der Waals surface area contributed by atoms with Gasteiger partial charge in [-0.1, -0.05) is 42.5 Å². The molecule has 2 aromatic carbocycles. The predicted octanol–water partition coefficient (Wildman–Crippen LogP) is 3.28. The molecule has 0 atom stereocenters. The fourth-order valence-corrected chi connectivity index (χ4v) is 2.38. The lowest BCUT2D eigenvalue weighted by molar-refractivity contribution is 0.262. The molecule has 0 radical (unpaired) electrons. The van der Waals surface area contributed by atoms with E-state index in [0.717, 1.165) is 18.7 Å². The minimum absolute atomic E-state index is 0.192. The third-order valence-corrected chi connectivity index (χ3v) is 3.72. The van der Waals surface area contributed by atoms with Gasteiger partial charge in [0.2, 0.25) is 0 Å². The van der Waals surface area contributed by atoms with Gasteiger partial charge in [0.05, 0.1) is 12.4 Å². The molecule has 0 fully saturated rings. The number of urea groups is 1. The summed E-state index contributed by atoms with van der Waals surface area (Å²) in [7, 11) is 0. The van der Waals surface area contributed by atoms with Crippen LogP contribution in [0.1, 0.15) is 16.8 Å². The predicted molar refractivity (Wildman–Crippen MR) is 103 cm³/mol. The van der Waals surface area contributed by atoms with E-state index < -0.39 is 6.03 Å². The van der Waals surface area contributed by atoms with Gasteiger partial charge in [-0.05, 0) is 23.3 Å². The summed E-state index contributed by atoms with van der Waals surface area (Å²) in [5.74, 6) is 0.272. The lowest BCUT2D eigenvalue weighted by atomic mass is 10.2. The molecule has 1 aromatic heterocycles. The van der Waals surface area contributed by atoms with Gasteiger partial charge >= 0.3 is 6.03 Å². The molecule has 3 rings (SSSR count). The third-order valence-electron chi connectivity index (χ3n) is 3.72. The van der Waals surface area contributed by atoms with E-state index in [1.165, 1.54) is 18.0 Å². The Kier molecular flexibility index (Phi) is 6.07. The van der Waals surface area contributed by atoms with Gasteiger partial charge in [-0.15, -0.1) is 0 Å². The molecule has 0 saturated heterocycles. The molecule has 0 saturated carbocycles. The van der Waals surface area contributed by atoms with Crippen molar-refractivity contribution in [3.05, 3.63) is 83.8 Å². The zero-order valence-electron chi connectivity index (χ0n) is 14.5. The Morgan fingerprint density at radius 3 is 2.22 bits per heavy atom. The van der Waals surface area contributed by atoms with Crippen molar-refractivity contribution < 1.29 is 4.79 Å². The third kappa shape index (κ3) is 5.63. The Hall–Kier alpha value is -3.76. The molecule has 0 bridgehead atoms. The lowest BCUT2D eigenvalue weighted by Crippen LogP contribution is -2.20. The molecule has 0 aliphatic rings. The van der Waals surface area contributed by atoms with Crippen molar-refractivity contribution >= 4 is 17.5 Å². The molecule has 7 heteroatoms. The number of rotatable bonds is 6. The van der Waals surface area contributed by atoms with Crippen LogP contribution in [0.15, 0.2) is 67.0 Å². The first kappa shape index (κ1) is 18.0. The van der Waals surface area contributed by atoms with Crippen molar-refractivity contribution in [3.8, 4) is 6.07 Å². The maximum atomic E-state index is 12.0.